The molecule has 0 aromatic carbocycles. The van der Waals surface area contributed by atoms with Crippen LogP contribution in [0.15, 0.2) is 12.2 Å². The Bertz CT molecular complexity index is 355. The van der Waals surface area contributed by atoms with E-state index in [-0.39, 0.29) is 0 Å². The third kappa shape index (κ3) is 1.20. The summed E-state index contributed by atoms with van der Waals surface area (Å²) < 4.78 is 0. The Morgan fingerprint density at radius 3 is 3.00 bits per heavy atom. The van der Waals surface area contributed by atoms with Gasteiger partial charge < -0.3 is 0 Å². The number of fused-ring (bicyclic) bond motifs is 2. The molecule has 0 aromatic heterocycles. The van der Waals surface area contributed by atoms with Gasteiger partial charge >= 0.3 is 0 Å². The molecular formula is C17H26. The van der Waals surface area contributed by atoms with Gasteiger partial charge in [0.05, 0.1) is 0 Å². The van der Waals surface area contributed by atoms with Crippen LogP contribution in [0.25, 0.3) is 0 Å². The lowest BCUT2D eigenvalue weighted by molar-refractivity contribution is -0.0871. The zero-order valence-electron chi connectivity index (χ0n) is 11.3. The molecule has 0 amide bonds. The third-order valence-corrected chi connectivity index (χ3v) is 7.27. The van der Waals surface area contributed by atoms with E-state index in [4.69, 9.17) is 0 Å². The normalized spacial score (nSPS) is 56.4. The Morgan fingerprint density at radius 2 is 2.06 bits per heavy atom. The molecule has 2 bridgehead atoms. The maximum absolute atomic E-state index is 2.67. The molecule has 4 aliphatic carbocycles. The first-order chi connectivity index (χ1) is 8.25. The summed E-state index contributed by atoms with van der Waals surface area (Å²) in [5.74, 6) is 3.13. The maximum Gasteiger partial charge on any atom is -0.0174 e. The van der Waals surface area contributed by atoms with Crippen molar-refractivity contribution in [2.75, 3.05) is 0 Å². The summed E-state index contributed by atoms with van der Waals surface area (Å²) in [5.41, 5.74) is 1.43. The van der Waals surface area contributed by atoms with Crippen molar-refractivity contribution in [1.29, 1.82) is 0 Å². The Balaban J connectivity index is 1.80. The monoisotopic (exact) mass is 230 g/mol. The number of hydrogen-bond donors (Lipinski definition) is 0. The van der Waals surface area contributed by atoms with Crippen LogP contribution in [-0.2, 0) is 0 Å². The average molecular weight is 230 g/mol. The molecule has 3 saturated carbocycles. The fourth-order valence-electron chi connectivity index (χ4n) is 6.46. The lowest BCUT2D eigenvalue weighted by Crippen LogP contribution is -2.51. The molecule has 4 rings (SSSR count). The fourth-order valence-corrected chi connectivity index (χ4v) is 6.46. The van der Waals surface area contributed by atoms with E-state index >= 15 is 0 Å². The SMILES string of the molecule is C[C@]12CCC=C[C@@H]1CC[C@H]1C[C@@H]3CCC[C@@]12C3. The average Bonchev–Trinajstić information content (AvgIpc) is 2.61. The molecular weight excluding hydrogens is 204 g/mol. The second-order valence-corrected chi connectivity index (χ2v) is 7.62. The van der Waals surface area contributed by atoms with Gasteiger partial charge in [-0.2, -0.15) is 0 Å². The molecule has 0 saturated heterocycles. The quantitative estimate of drug-likeness (QED) is 0.517. The number of allylic oxidation sites excluding steroid dienone is 2. The van der Waals surface area contributed by atoms with Gasteiger partial charge in [-0.3, -0.25) is 0 Å². The van der Waals surface area contributed by atoms with Gasteiger partial charge in [-0.1, -0.05) is 31.9 Å². The first kappa shape index (κ1) is 10.6. The van der Waals surface area contributed by atoms with Crippen molar-refractivity contribution in [1.82, 2.24) is 0 Å². The van der Waals surface area contributed by atoms with Crippen molar-refractivity contribution < 1.29 is 0 Å². The van der Waals surface area contributed by atoms with Crippen molar-refractivity contribution in [2.24, 2.45) is 28.6 Å². The maximum atomic E-state index is 2.67. The minimum absolute atomic E-state index is 0.667. The van der Waals surface area contributed by atoms with Gasteiger partial charge in [-0.25, -0.2) is 0 Å². The van der Waals surface area contributed by atoms with E-state index in [1.807, 2.05) is 0 Å². The highest BCUT2D eigenvalue weighted by molar-refractivity contribution is 5.17. The molecule has 0 aromatic rings. The van der Waals surface area contributed by atoms with Crippen molar-refractivity contribution in [3.05, 3.63) is 12.2 Å². The van der Waals surface area contributed by atoms with Gasteiger partial charge in [0, 0.05) is 0 Å². The summed E-state index contributed by atoms with van der Waals surface area (Å²) in [7, 11) is 0. The zero-order valence-corrected chi connectivity index (χ0v) is 11.3. The van der Waals surface area contributed by atoms with Crippen molar-refractivity contribution in [3.63, 3.8) is 0 Å². The lowest BCUT2D eigenvalue weighted by atomic mass is 9.45. The standard InChI is InChI=1S/C17H26/c1-16-9-3-2-6-14(16)7-8-15-11-13-5-4-10-17(15,16)12-13/h2,6,13-15H,3-5,7-12H2,1H3/t13-,14+,15-,16-,17+/m0/s1. The molecule has 3 fully saturated rings. The van der Waals surface area contributed by atoms with Crippen molar-refractivity contribution in [3.8, 4) is 0 Å². The Labute approximate surface area is 106 Å². The van der Waals surface area contributed by atoms with Gasteiger partial charge in [0.2, 0.25) is 0 Å². The van der Waals surface area contributed by atoms with Crippen LogP contribution in [0.2, 0.25) is 0 Å². The minimum atomic E-state index is 0.667. The summed E-state index contributed by atoms with van der Waals surface area (Å²) in [6, 6.07) is 0. The fraction of sp³-hybridized carbons (Fsp3) is 0.882. The minimum Gasteiger partial charge on any atom is -0.0882 e. The van der Waals surface area contributed by atoms with Gasteiger partial charge in [-0.05, 0) is 73.5 Å². The van der Waals surface area contributed by atoms with Crippen LogP contribution < -0.4 is 0 Å². The highest BCUT2D eigenvalue weighted by Gasteiger charge is 2.62. The van der Waals surface area contributed by atoms with E-state index in [1.54, 1.807) is 32.1 Å². The first-order valence-corrected chi connectivity index (χ1v) is 7.91. The van der Waals surface area contributed by atoms with E-state index in [0.29, 0.717) is 5.41 Å². The Kier molecular flexibility index (Phi) is 2.13. The first-order valence-electron chi connectivity index (χ1n) is 7.91. The van der Waals surface area contributed by atoms with Gasteiger partial charge in [-0.15, -0.1) is 0 Å². The van der Waals surface area contributed by atoms with Crippen LogP contribution >= 0.6 is 0 Å². The second kappa shape index (κ2) is 3.39. The van der Waals surface area contributed by atoms with E-state index in [1.165, 1.54) is 25.7 Å². The molecule has 94 valence electrons. The lowest BCUT2D eigenvalue weighted by Gasteiger charge is -2.59. The van der Waals surface area contributed by atoms with Gasteiger partial charge in [0.25, 0.3) is 0 Å². The summed E-state index contributed by atoms with van der Waals surface area (Å²) in [6.07, 6.45) is 18.8. The summed E-state index contributed by atoms with van der Waals surface area (Å²) in [5, 5.41) is 0. The van der Waals surface area contributed by atoms with Gasteiger partial charge in [0.1, 0.15) is 0 Å². The molecule has 0 nitrogen and oxygen atoms in total. The number of hydrogen-bond acceptors (Lipinski definition) is 0. The van der Waals surface area contributed by atoms with Crippen molar-refractivity contribution in [2.45, 2.75) is 64.7 Å². The molecule has 0 aliphatic heterocycles. The highest BCUT2D eigenvalue weighted by Crippen LogP contribution is 2.71. The van der Waals surface area contributed by atoms with Crippen molar-refractivity contribution >= 4 is 0 Å². The van der Waals surface area contributed by atoms with Gasteiger partial charge in [0.15, 0.2) is 0 Å². The predicted molar refractivity (Wildman–Crippen MR) is 71.7 cm³/mol. The third-order valence-electron chi connectivity index (χ3n) is 7.27. The molecule has 4 aliphatic rings. The Hall–Kier alpha value is -0.260. The van der Waals surface area contributed by atoms with Crippen LogP contribution in [-0.4, -0.2) is 0 Å². The highest BCUT2D eigenvalue weighted by atomic mass is 14.7. The molecule has 0 heteroatoms. The van der Waals surface area contributed by atoms with Crippen LogP contribution in [0.1, 0.15) is 64.7 Å². The van der Waals surface area contributed by atoms with Crippen LogP contribution in [0.3, 0.4) is 0 Å². The summed E-state index contributed by atoms with van der Waals surface area (Å²) in [4.78, 5) is 0. The summed E-state index contributed by atoms with van der Waals surface area (Å²) in [6.45, 7) is 2.67. The van der Waals surface area contributed by atoms with E-state index in [0.717, 1.165) is 23.2 Å². The van der Waals surface area contributed by atoms with Crippen LogP contribution in [0.5, 0.6) is 0 Å². The molecule has 0 N–H and O–H groups in total. The molecule has 17 heavy (non-hydrogen) atoms. The molecule has 0 radical (unpaired) electrons. The molecule has 0 unspecified atom stereocenters. The Morgan fingerprint density at radius 1 is 1.12 bits per heavy atom. The molecule has 5 atom stereocenters. The molecule has 1 spiro atoms. The largest absolute Gasteiger partial charge is 0.0882 e. The van der Waals surface area contributed by atoms with Crippen LogP contribution in [0.4, 0.5) is 0 Å². The van der Waals surface area contributed by atoms with E-state index < -0.39 is 0 Å². The second-order valence-electron chi connectivity index (χ2n) is 7.62. The van der Waals surface area contributed by atoms with Crippen LogP contribution in [0, 0.1) is 28.6 Å². The smallest absolute Gasteiger partial charge is 0.0174 e. The predicted octanol–water partition coefficient (Wildman–Crippen LogP) is 4.95. The topological polar surface area (TPSA) is 0 Å². The van der Waals surface area contributed by atoms with E-state index in [2.05, 4.69) is 19.1 Å². The number of rotatable bonds is 0. The molecule has 0 heterocycles. The summed E-state index contributed by atoms with van der Waals surface area (Å²) >= 11 is 0. The van der Waals surface area contributed by atoms with E-state index in [9.17, 15) is 0 Å². The zero-order chi connectivity index (χ0) is 11.5.